The maximum atomic E-state index is 10.5. The molecule has 0 rings (SSSR count). The first-order valence-electron chi connectivity index (χ1n) is 3.06. The maximum absolute atomic E-state index is 10.5. The minimum Gasteiger partial charge on any atom is -0.481 e. The smallest absolute Gasteiger partial charge is 0.304 e. The molecular weight excluding hydrogens is 188 g/mol. The van der Waals surface area contributed by atoms with E-state index in [4.69, 9.17) is 21.8 Å². The predicted octanol–water partition coefficient (Wildman–Crippen LogP) is 0.317. The van der Waals surface area contributed by atoms with E-state index in [1.165, 1.54) is 0 Å². The molecule has 0 bridgehead atoms. The molecule has 12 heavy (non-hydrogen) atoms. The summed E-state index contributed by atoms with van der Waals surface area (Å²) in [5.41, 5.74) is 0. The van der Waals surface area contributed by atoms with Crippen LogP contribution in [0.4, 0.5) is 0 Å². The van der Waals surface area contributed by atoms with E-state index in [1.54, 1.807) is 0 Å². The Morgan fingerprint density at radius 1 is 1.08 bits per heavy atom. The third kappa shape index (κ3) is 4.68. The van der Waals surface area contributed by atoms with Gasteiger partial charge in [-0.2, -0.15) is 0 Å². The number of hydrogen-bond donors (Lipinski definition) is 2. The molecule has 0 atom stereocenters. The van der Waals surface area contributed by atoms with Gasteiger partial charge in [0, 0.05) is 0 Å². The molecule has 0 aliphatic carbocycles. The summed E-state index contributed by atoms with van der Waals surface area (Å²) in [6.45, 7) is 0. The summed E-state index contributed by atoms with van der Waals surface area (Å²) < 4.78 is 0. The molecule has 6 heteroatoms. The van der Waals surface area contributed by atoms with Gasteiger partial charge in [0.05, 0.1) is 18.8 Å². The van der Waals surface area contributed by atoms with E-state index >= 15 is 0 Å². The maximum Gasteiger partial charge on any atom is 0.304 e. The Kier molecular flexibility index (Phi) is 4.28. The normalized spacial score (nSPS) is 9.83. The number of halogens is 1. The van der Waals surface area contributed by atoms with Gasteiger partial charge in [0.2, 0.25) is 5.24 Å². The average Bonchev–Trinajstić information content (AvgIpc) is 1.83. The zero-order valence-corrected chi connectivity index (χ0v) is 6.74. The number of carbonyl (C=O) groups excluding carboxylic acids is 1. The van der Waals surface area contributed by atoms with Gasteiger partial charge in [-0.05, 0) is 11.6 Å². The highest BCUT2D eigenvalue weighted by atomic mass is 35.5. The minimum atomic E-state index is -1.24. The second-order valence-electron chi connectivity index (χ2n) is 2.20. The summed E-state index contributed by atoms with van der Waals surface area (Å²) in [7, 11) is 0. The van der Waals surface area contributed by atoms with Gasteiger partial charge in [-0.1, -0.05) is 0 Å². The van der Waals surface area contributed by atoms with Gasteiger partial charge < -0.3 is 10.2 Å². The molecule has 2 N–H and O–H groups in total. The van der Waals surface area contributed by atoms with Crippen LogP contribution in [0, 0.1) is 5.92 Å². The zero-order valence-electron chi connectivity index (χ0n) is 5.99. The molecule has 0 spiro atoms. The molecule has 68 valence electrons. The molecule has 0 aliphatic rings. The molecule has 0 amide bonds. The van der Waals surface area contributed by atoms with E-state index in [-0.39, 0.29) is 0 Å². The number of aliphatic carboxylic acids is 2. The van der Waals surface area contributed by atoms with Crippen molar-refractivity contribution in [2.24, 2.45) is 5.92 Å². The molecule has 0 saturated carbocycles. The van der Waals surface area contributed by atoms with Gasteiger partial charge in [0.25, 0.3) is 0 Å². The standard InChI is InChI=1S/C6H7ClO5/c7-6(12)3(1-4(8)9)2-5(10)11/h3H,1-2H2,(H,8,9)(H,10,11). The molecular formula is C6H7ClO5. The highest BCUT2D eigenvalue weighted by molar-refractivity contribution is 6.64. The summed E-state index contributed by atoms with van der Waals surface area (Å²) in [4.78, 5) is 30.6. The fourth-order valence-corrected chi connectivity index (χ4v) is 0.809. The third-order valence-electron chi connectivity index (χ3n) is 1.16. The van der Waals surface area contributed by atoms with Gasteiger partial charge >= 0.3 is 11.9 Å². The monoisotopic (exact) mass is 194 g/mol. The van der Waals surface area contributed by atoms with Crippen LogP contribution in [0.5, 0.6) is 0 Å². The van der Waals surface area contributed by atoms with E-state index in [0.29, 0.717) is 0 Å². The van der Waals surface area contributed by atoms with Crippen LogP contribution in [0.3, 0.4) is 0 Å². The van der Waals surface area contributed by atoms with E-state index < -0.39 is 35.9 Å². The van der Waals surface area contributed by atoms with E-state index in [2.05, 4.69) is 0 Å². The lowest BCUT2D eigenvalue weighted by Crippen LogP contribution is -2.17. The van der Waals surface area contributed by atoms with Crippen molar-refractivity contribution in [1.82, 2.24) is 0 Å². The number of rotatable bonds is 5. The van der Waals surface area contributed by atoms with Gasteiger partial charge in [-0.25, -0.2) is 0 Å². The minimum absolute atomic E-state index is 0.547. The first-order chi connectivity index (χ1) is 5.43. The second kappa shape index (κ2) is 4.71. The Labute approximate surface area is 72.9 Å². The molecule has 0 heterocycles. The van der Waals surface area contributed by atoms with Crippen molar-refractivity contribution < 1.29 is 24.6 Å². The second-order valence-corrected chi connectivity index (χ2v) is 2.57. The zero-order chi connectivity index (χ0) is 9.72. The molecule has 0 aliphatic heterocycles. The molecule has 0 fully saturated rings. The fourth-order valence-electron chi connectivity index (χ4n) is 0.654. The lowest BCUT2D eigenvalue weighted by Gasteiger charge is -2.04. The summed E-state index contributed by atoms with van der Waals surface area (Å²) in [5, 5.41) is 15.6. The number of hydrogen-bond acceptors (Lipinski definition) is 3. The molecule has 0 radical (unpaired) electrons. The van der Waals surface area contributed by atoms with Crippen molar-refractivity contribution in [1.29, 1.82) is 0 Å². The quantitative estimate of drug-likeness (QED) is 0.615. The van der Waals surface area contributed by atoms with Crippen LogP contribution in [0.1, 0.15) is 12.8 Å². The summed E-state index contributed by atoms with van der Waals surface area (Å²) in [6, 6.07) is 0. The highest BCUT2D eigenvalue weighted by Gasteiger charge is 2.22. The number of carboxylic acids is 2. The molecule has 0 unspecified atom stereocenters. The summed E-state index contributed by atoms with van der Waals surface area (Å²) >= 11 is 4.97. The van der Waals surface area contributed by atoms with Crippen molar-refractivity contribution >= 4 is 28.8 Å². The van der Waals surface area contributed by atoms with E-state index in [9.17, 15) is 14.4 Å². The van der Waals surface area contributed by atoms with Crippen LogP contribution in [0.2, 0.25) is 0 Å². The van der Waals surface area contributed by atoms with Gasteiger partial charge in [-0.15, -0.1) is 0 Å². The lowest BCUT2D eigenvalue weighted by molar-refractivity contribution is -0.143. The van der Waals surface area contributed by atoms with Gasteiger partial charge in [0.1, 0.15) is 0 Å². The Morgan fingerprint density at radius 2 is 1.42 bits per heavy atom. The van der Waals surface area contributed by atoms with Crippen LogP contribution in [-0.2, 0) is 14.4 Å². The molecule has 5 nitrogen and oxygen atoms in total. The number of carbonyl (C=O) groups is 3. The van der Waals surface area contributed by atoms with E-state index in [0.717, 1.165) is 0 Å². The Hall–Kier alpha value is -1.10. The van der Waals surface area contributed by atoms with E-state index in [1.807, 2.05) is 0 Å². The topological polar surface area (TPSA) is 91.7 Å². The highest BCUT2D eigenvalue weighted by Crippen LogP contribution is 2.12. The van der Waals surface area contributed by atoms with Crippen LogP contribution >= 0.6 is 11.6 Å². The molecule has 0 aromatic heterocycles. The van der Waals surface area contributed by atoms with Crippen molar-refractivity contribution in [3.63, 3.8) is 0 Å². The number of carboxylic acid groups (broad SMARTS) is 2. The largest absolute Gasteiger partial charge is 0.481 e. The van der Waals surface area contributed by atoms with Crippen LogP contribution in [0.25, 0.3) is 0 Å². The van der Waals surface area contributed by atoms with Crippen molar-refractivity contribution in [3.8, 4) is 0 Å². The van der Waals surface area contributed by atoms with Crippen LogP contribution < -0.4 is 0 Å². The van der Waals surface area contributed by atoms with Crippen molar-refractivity contribution in [3.05, 3.63) is 0 Å². The Bertz CT molecular complexity index is 196. The Morgan fingerprint density at radius 3 is 1.58 bits per heavy atom. The predicted molar refractivity (Wildman–Crippen MR) is 38.9 cm³/mol. The van der Waals surface area contributed by atoms with Crippen LogP contribution in [-0.4, -0.2) is 27.4 Å². The average molecular weight is 195 g/mol. The molecule has 0 saturated heterocycles. The van der Waals surface area contributed by atoms with Gasteiger partial charge in [-0.3, -0.25) is 14.4 Å². The molecule has 0 aromatic rings. The molecule has 0 aromatic carbocycles. The van der Waals surface area contributed by atoms with Gasteiger partial charge in [0.15, 0.2) is 0 Å². The van der Waals surface area contributed by atoms with Crippen molar-refractivity contribution in [2.45, 2.75) is 12.8 Å². The first kappa shape index (κ1) is 10.9. The third-order valence-corrected chi connectivity index (χ3v) is 1.47. The first-order valence-corrected chi connectivity index (χ1v) is 3.44. The summed E-state index contributed by atoms with van der Waals surface area (Å²) in [6.07, 6.45) is -1.09. The van der Waals surface area contributed by atoms with Crippen molar-refractivity contribution in [2.75, 3.05) is 0 Å². The summed E-state index contributed by atoms with van der Waals surface area (Å²) in [5.74, 6) is -3.62. The fraction of sp³-hybridized carbons (Fsp3) is 0.500. The Balaban J connectivity index is 4.14. The SMILES string of the molecule is O=C(O)CC(CC(=O)O)C(=O)Cl. The van der Waals surface area contributed by atoms with Crippen LogP contribution in [0.15, 0.2) is 0 Å². The lowest BCUT2D eigenvalue weighted by atomic mass is 10.0.